The topological polar surface area (TPSA) is 85.9 Å². The van der Waals surface area contributed by atoms with E-state index in [-0.39, 0.29) is 17.5 Å². The van der Waals surface area contributed by atoms with Crippen molar-refractivity contribution in [2.75, 3.05) is 12.3 Å². The summed E-state index contributed by atoms with van der Waals surface area (Å²) < 4.78 is 8.37. The Bertz CT molecular complexity index is 1360. The van der Waals surface area contributed by atoms with Crippen LogP contribution in [0.2, 0.25) is 10.0 Å². The molecule has 0 amide bonds. The van der Waals surface area contributed by atoms with E-state index < -0.39 is 0 Å². The molecule has 0 spiro atoms. The Morgan fingerprint density at radius 2 is 2.07 bits per heavy atom. The lowest BCUT2D eigenvalue weighted by Crippen LogP contribution is -2.18. The van der Waals surface area contributed by atoms with Crippen LogP contribution in [0.15, 0.2) is 39.7 Å². The van der Waals surface area contributed by atoms with Gasteiger partial charge in [0.25, 0.3) is 5.56 Å². The van der Waals surface area contributed by atoms with Gasteiger partial charge in [-0.3, -0.25) is 4.79 Å². The van der Waals surface area contributed by atoms with Gasteiger partial charge in [0.05, 0.1) is 10.5 Å². The van der Waals surface area contributed by atoms with Crippen LogP contribution in [0.3, 0.4) is 0 Å². The molecule has 30 heavy (non-hydrogen) atoms. The van der Waals surface area contributed by atoms with Crippen LogP contribution in [0.1, 0.15) is 25.5 Å². The summed E-state index contributed by atoms with van der Waals surface area (Å²) in [5.41, 5.74) is 8.64. The van der Waals surface area contributed by atoms with E-state index in [4.69, 9.17) is 33.7 Å². The smallest absolute Gasteiger partial charge is 0.272 e. The molecule has 0 bridgehead atoms. The lowest BCUT2D eigenvalue weighted by atomic mass is 9.97. The molecular weight excluding hydrogens is 491 g/mol. The first-order valence-corrected chi connectivity index (χ1v) is 11.1. The fraction of sp³-hybridized carbons (Fsp3) is 0.238. The number of halogens is 3. The highest BCUT2D eigenvalue weighted by atomic mass is 79.9. The van der Waals surface area contributed by atoms with Crippen LogP contribution in [0.4, 0.5) is 5.69 Å². The second kappa shape index (κ2) is 7.57. The highest BCUT2D eigenvalue weighted by Crippen LogP contribution is 2.40. The number of aromatic amines is 1. The number of nitrogens with zero attached hydrogens (tertiary/aromatic N) is 2. The molecule has 9 heteroatoms. The highest BCUT2D eigenvalue weighted by Gasteiger charge is 2.22. The van der Waals surface area contributed by atoms with E-state index in [1.165, 1.54) is 0 Å². The fourth-order valence-electron chi connectivity index (χ4n) is 4.02. The number of nitrogens with two attached hydrogens (primary N) is 1. The van der Waals surface area contributed by atoms with Gasteiger partial charge in [0.1, 0.15) is 17.4 Å². The molecule has 1 fully saturated rings. The monoisotopic (exact) mass is 506 g/mol. The maximum atomic E-state index is 12.6. The van der Waals surface area contributed by atoms with Crippen molar-refractivity contribution in [3.8, 4) is 11.1 Å². The van der Waals surface area contributed by atoms with E-state index in [9.17, 15) is 4.79 Å². The van der Waals surface area contributed by atoms with Gasteiger partial charge in [-0.1, -0.05) is 29.3 Å². The molecule has 3 N–H and O–H groups in total. The Morgan fingerprint density at radius 1 is 1.23 bits per heavy atom. The van der Waals surface area contributed by atoms with Gasteiger partial charge >= 0.3 is 0 Å². The lowest BCUT2D eigenvalue weighted by Gasteiger charge is -2.22. The Labute approximate surface area is 190 Å². The summed E-state index contributed by atoms with van der Waals surface area (Å²) in [6.45, 7) is 0.708. The van der Waals surface area contributed by atoms with Crippen molar-refractivity contribution in [1.29, 1.82) is 0 Å². The summed E-state index contributed by atoms with van der Waals surface area (Å²) in [5, 5.41) is 7.27. The number of anilines is 1. The molecule has 0 saturated carbocycles. The van der Waals surface area contributed by atoms with Crippen molar-refractivity contribution in [2.24, 2.45) is 0 Å². The fourth-order valence-corrected chi connectivity index (χ4v) is 5.13. The van der Waals surface area contributed by atoms with Crippen LogP contribution >= 0.6 is 39.1 Å². The van der Waals surface area contributed by atoms with Crippen molar-refractivity contribution in [3.05, 3.63) is 55.3 Å². The van der Waals surface area contributed by atoms with Crippen molar-refractivity contribution in [2.45, 2.75) is 25.5 Å². The van der Waals surface area contributed by atoms with Crippen LogP contribution in [0.5, 0.6) is 0 Å². The van der Waals surface area contributed by atoms with E-state index in [0.29, 0.717) is 37.7 Å². The van der Waals surface area contributed by atoms with E-state index >= 15 is 0 Å². The Morgan fingerprint density at radius 3 is 2.83 bits per heavy atom. The van der Waals surface area contributed by atoms with E-state index in [1.54, 1.807) is 18.2 Å². The molecule has 0 aliphatic carbocycles. The lowest BCUT2D eigenvalue weighted by molar-refractivity contribution is -0.0390. The normalized spacial score (nSPS) is 17.1. The van der Waals surface area contributed by atoms with Crippen molar-refractivity contribution in [3.63, 3.8) is 0 Å². The van der Waals surface area contributed by atoms with Crippen LogP contribution < -0.4 is 11.3 Å². The molecule has 6 nitrogen and oxygen atoms in total. The number of hydrogen-bond donors (Lipinski definition) is 2. The predicted molar refractivity (Wildman–Crippen MR) is 124 cm³/mol. The summed E-state index contributed by atoms with van der Waals surface area (Å²) >= 11 is 16.3. The number of pyridine rings is 1. The average Bonchev–Trinajstić information content (AvgIpc) is 3.18. The quantitative estimate of drug-likeness (QED) is 0.354. The van der Waals surface area contributed by atoms with Gasteiger partial charge in [-0.25, -0.2) is 4.68 Å². The number of nitrogen functional groups attached to an aromatic ring is 1. The molecule has 5 rings (SSSR count). The zero-order valence-corrected chi connectivity index (χ0v) is 18.8. The zero-order valence-electron chi connectivity index (χ0n) is 15.7. The molecule has 1 atom stereocenters. The molecule has 154 valence electrons. The minimum atomic E-state index is -0.369. The van der Waals surface area contributed by atoms with Crippen LogP contribution in [0, 0.1) is 0 Å². The number of aromatic nitrogens is 3. The minimum absolute atomic E-state index is 0.113. The van der Waals surface area contributed by atoms with E-state index in [0.717, 1.165) is 35.6 Å². The Balaban J connectivity index is 1.83. The summed E-state index contributed by atoms with van der Waals surface area (Å²) in [7, 11) is 0. The molecule has 2 aromatic heterocycles. The molecule has 1 aliphatic rings. The minimum Gasteiger partial charge on any atom is -0.394 e. The number of benzene rings is 2. The maximum Gasteiger partial charge on any atom is 0.272 e. The second-order valence-corrected chi connectivity index (χ2v) is 9.04. The number of ether oxygens (including phenoxy) is 1. The van der Waals surface area contributed by atoms with Crippen molar-refractivity contribution < 1.29 is 4.74 Å². The molecule has 1 saturated heterocycles. The summed E-state index contributed by atoms with van der Waals surface area (Å²) in [6.07, 6.45) is 4.80. The predicted octanol–water partition coefficient (Wildman–Crippen LogP) is 5.90. The zero-order chi connectivity index (χ0) is 21.0. The first-order valence-electron chi connectivity index (χ1n) is 9.54. The van der Waals surface area contributed by atoms with Crippen molar-refractivity contribution in [1.82, 2.24) is 14.8 Å². The number of nitrogens with one attached hydrogen (secondary N) is 1. The molecular formula is C21H17BrCl2N4O2. The van der Waals surface area contributed by atoms with Gasteiger partial charge in [-0.2, -0.15) is 5.10 Å². The number of rotatable bonds is 2. The maximum absolute atomic E-state index is 12.6. The van der Waals surface area contributed by atoms with Crippen LogP contribution in [-0.4, -0.2) is 21.4 Å². The van der Waals surface area contributed by atoms with Gasteiger partial charge in [-0.15, -0.1) is 0 Å². The molecule has 3 heterocycles. The second-order valence-electron chi connectivity index (χ2n) is 7.34. The van der Waals surface area contributed by atoms with Gasteiger partial charge < -0.3 is 15.5 Å². The largest absolute Gasteiger partial charge is 0.394 e. The van der Waals surface area contributed by atoms with Gasteiger partial charge in [0, 0.05) is 38.6 Å². The summed E-state index contributed by atoms with van der Waals surface area (Å²) in [4.78, 5) is 15.4. The Hall–Kier alpha value is -2.06. The summed E-state index contributed by atoms with van der Waals surface area (Å²) in [6, 6.07) is 7.15. The molecule has 2 aromatic carbocycles. The average molecular weight is 508 g/mol. The van der Waals surface area contributed by atoms with E-state index in [2.05, 4.69) is 26.0 Å². The third-order valence-electron chi connectivity index (χ3n) is 5.44. The van der Waals surface area contributed by atoms with Crippen LogP contribution in [-0.2, 0) is 4.74 Å². The van der Waals surface area contributed by atoms with Gasteiger partial charge in [-0.05, 0) is 59.0 Å². The number of fused-ring (bicyclic) bond motifs is 2. The first kappa shape index (κ1) is 19.9. The molecule has 4 aromatic rings. The van der Waals surface area contributed by atoms with Gasteiger partial charge in [0.15, 0.2) is 0 Å². The third kappa shape index (κ3) is 3.21. The van der Waals surface area contributed by atoms with E-state index in [1.807, 2.05) is 16.9 Å². The van der Waals surface area contributed by atoms with Gasteiger partial charge in [0.2, 0.25) is 0 Å². The molecule has 1 unspecified atom stereocenters. The third-order valence-corrected chi connectivity index (χ3v) is 6.59. The number of hydrogen-bond acceptors (Lipinski definition) is 4. The SMILES string of the molecule is Nc1c(-c2ccc(Cl)c3nn(C4CCCCO4)cc23)c2cc(Cl)cc(Br)c2[nH]c1=O. The molecule has 0 radical (unpaired) electrons. The van der Waals surface area contributed by atoms with Crippen molar-refractivity contribution >= 4 is 66.6 Å². The van der Waals surface area contributed by atoms with Crippen LogP contribution in [0.25, 0.3) is 32.9 Å². The number of H-pyrrole nitrogens is 1. The molecule has 1 aliphatic heterocycles. The highest BCUT2D eigenvalue weighted by molar-refractivity contribution is 9.10. The summed E-state index contributed by atoms with van der Waals surface area (Å²) in [5.74, 6) is 0. The first-order chi connectivity index (χ1) is 14.4. The standard InChI is InChI=1S/C21H17BrCl2N4O2/c22-14-8-10(23)7-12-17(18(25)21(29)26-19(12)14)11-4-5-15(24)20-13(11)9-28(27-20)16-3-1-2-6-30-16/h4-5,7-9,16H,1-3,6,25H2,(H,26,29). The Kier molecular flexibility index (Phi) is 5.01.